The first kappa shape index (κ1) is 19.8. The molecule has 2 aromatic carbocycles. The van der Waals surface area contributed by atoms with Gasteiger partial charge in [-0.25, -0.2) is 0 Å². The fraction of sp³-hybridized carbons (Fsp3) is 0.300. The Kier molecular flexibility index (Phi) is 7.09. The molecule has 2 rings (SSSR count). The molecule has 0 aliphatic carbocycles. The lowest BCUT2D eigenvalue weighted by Crippen LogP contribution is -2.42. The molecule has 6 heteroatoms. The summed E-state index contributed by atoms with van der Waals surface area (Å²) in [5, 5.41) is 12.2. The summed E-state index contributed by atoms with van der Waals surface area (Å²) in [5.41, 5.74) is 0.743. The summed E-state index contributed by atoms with van der Waals surface area (Å²) in [4.78, 5) is 25.1. The molecular weight excluding hydrogens is 350 g/mol. The lowest BCUT2D eigenvalue weighted by Gasteiger charge is -2.25. The first-order valence-corrected chi connectivity index (χ1v) is 9.53. The SMILES string of the molecule is CSc1ccc(OC(C)C(=O)NC(c2ccccc2)C(C)C(=O)O)cc1. The maximum absolute atomic E-state index is 12.5. The number of hydrogen-bond donors (Lipinski definition) is 2. The Balaban J connectivity index is 2.08. The molecular formula is C20H23NO4S. The fourth-order valence-corrected chi connectivity index (χ4v) is 2.89. The molecule has 0 saturated carbocycles. The quantitative estimate of drug-likeness (QED) is 0.689. The van der Waals surface area contributed by atoms with Gasteiger partial charge in [0.1, 0.15) is 5.75 Å². The van der Waals surface area contributed by atoms with Crippen molar-refractivity contribution in [3.8, 4) is 5.75 Å². The molecule has 0 spiro atoms. The van der Waals surface area contributed by atoms with Crippen LogP contribution < -0.4 is 10.1 Å². The molecule has 0 aromatic heterocycles. The van der Waals surface area contributed by atoms with Gasteiger partial charge in [0.05, 0.1) is 12.0 Å². The molecule has 3 unspecified atom stereocenters. The van der Waals surface area contributed by atoms with Gasteiger partial charge < -0.3 is 15.2 Å². The first-order chi connectivity index (χ1) is 12.4. The highest BCUT2D eigenvalue weighted by Gasteiger charge is 2.28. The van der Waals surface area contributed by atoms with Gasteiger partial charge in [-0.05, 0) is 49.9 Å². The molecule has 0 aliphatic rings. The summed E-state index contributed by atoms with van der Waals surface area (Å²) in [5.74, 6) is -1.51. The number of rotatable bonds is 8. The summed E-state index contributed by atoms with van der Waals surface area (Å²) in [6, 6.07) is 15.9. The number of hydrogen-bond acceptors (Lipinski definition) is 4. The average Bonchev–Trinajstić information content (AvgIpc) is 2.66. The van der Waals surface area contributed by atoms with Crippen LogP contribution in [-0.4, -0.2) is 29.3 Å². The molecule has 0 saturated heterocycles. The Morgan fingerprint density at radius 3 is 2.19 bits per heavy atom. The van der Waals surface area contributed by atoms with Crippen molar-refractivity contribution in [1.82, 2.24) is 5.32 Å². The Morgan fingerprint density at radius 2 is 1.65 bits per heavy atom. The number of aliphatic carboxylic acids is 1. The average molecular weight is 373 g/mol. The van der Waals surface area contributed by atoms with Crippen molar-refractivity contribution < 1.29 is 19.4 Å². The zero-order valence-electron chi connectivity index (χ0n) is 15.0. The number of thioether (sulfide) groups is 1. The predicted molar refractivity (Wildman–Crippen MR) is 102 cm³/mol. The van der Waals surface area contributed by atoms with E-state index in [1.54, 1.807) is 37.7 Å². The lowest BCUT2D eigenvalue weighted by atomic mass is 9.94. The van der Waals surface area contributed by atoms with Crippen LogP contribution in [0.15, 0.2) is 59.5 Å². The predicted octanol–water partition coefficient (Wildman–Crippen LogP) is 3.75. The van der Waals surface area contributed by atoms with Crippen molar-refractivity contribution in [3.05, 3.63) is 60.2 Å². The molecule has 1 amide bonds. The minimum atomic E-state index is -0.972. The van der Waals surface area contributed by atoms with Crippen molar-refractivity contribution in [1.29, 1.82) is 0 Å². The van der Waals surface area contributed by atoms with Gasteiger partial charge in [0, 0.05) is 4.90 Å². The second-order valence-electron chi connectivity index (χ2n) is 5.96. The Bertz CT molecular complexity index is 733. The summed E-state index contributed by atoms with van der Waals surface area (Å²) >= 11 is 1.62. The van der Waals surface area contributed by atoms with Crippen LogP contribution in [0.4, 0.5) is 0 Å². The number of ether oxygens (including phenoxy) is 1. The Morgan fingerprint density at radius 1 is 1.04 bits per heavy atom. The first-order valence-electron chi connectivity index (χ1n) is 8.31. The molecule has 0 aliphatic heterocycles. The van der Waals surface area contributed by atoms with E-state index in [-0.39, 0.29) is 5.91 Å². The number of carboxylic acid groups (broad SMARTS) is 1. The van der Waals surface area contributed by atoms with Crippen molar-refractivity contribution in [2.75, 3.05) is 6.26 Å². The van der Waals surface area contributed by atoms with E-state index >= 15 is 0 Å². The molecule has 138 valence electrons. The van der Waals surface area contributed by atoms with Crippen molar-refractivity contribution >= 4 is 23.6 Å². The standard InChI is InChI=1S/C20H23NO4S/c1-13(20(23)24)18(15-7-5-4-6-8-15)21-19(22)14(2)25-16-9-11-17(26-3)12-10-16/h4-14,18H,1-3H3,(H,21,22)(H,23,24). The number of carbonyl (C=O) groups excluding carboxylic acids is 1. The topological polar surface area (TPSA) is 75.6 Å². The highest BCUT2D eigenvalue weighted by atomic mass is 32.2. The van der Waals surface area contributed by atoms with Gasteiger partial charge in [-0.3, -0.25) is 9.59 Å². The van der Waals surface area contributed by atoms with Crippen LogP contribution in [0.5, 0.6) is 5.75 Å². The molecule has 26 heavy (non-hydrogen) atoms. The third-order valence-corrected chi connectivity index (χ3v) is 4.83. The van der Waals surface area contributed by atoms with Crippen LogP contribution in [-0.2, 0) is 9.59 Å². The smallest absolute Gasteiger partial charge is 0.308 e. The minimum Gasteiger partial charge on any atom is -0.481 e. The van der Waals surface area contributed by atoms with Gasteiger partial charge in [0.25, 0.3) is 5.91 Å². The van der Waals surface area contributed by atoms with Gasteiger partial charge in [-0.1, -0.05) is 30.3 Å². The molecule has 0 radical (unpaired) electrons. The Hall–Kier alpha value is -2.47. The summed E-state index contributed by atoms with van der Waals surface area (Å²) in [6.07, 6.45) is 1.24. The van der Waals surface area contributed by atoms with Gasteiger partial charge in [-0.2, -0.15) is 0 Å². The third-order valence-electron chi connectivity index (χ3n) is 4.09. The maximum Gasteiger partial charge on any atom is 0.308 e. The number of carboxylic acids is 1. The van der Waals surface area contributed by atoms with Crippen LogP contribution in [0.3, 0.4) is 0 Å². The number of amides is 1. The highest BCUT2D eigenvalue weighted by molar-refractivity contribution is 7.98. The zero-order chi connectivity index (χ0) is 19.1. The summed E-state index contributed by atoms with van der Waals surface area (Å²) < 4.78 is 5.68. The normalized spacial score (nSPS) is 14.1. The number of nitrogens with one attached hydrogen (secondary N) is 1. The van der Waals surface area contributed by atoms with Crippen LogP contribution in [0.2, 0.25) is 0 Å². The largest absolute Gasteiger partial charge is 0.481 e. The van der Waals surface area contributed by atoms with Crippen molar-refractivity contribution in [2.45, 2.75) is 30.9 Å². The Labute approximate surface area is 157 Å². The van der Waals surface area contributed by atoms with E-state index in [9.17, 15) is 14.7 Å². The molecule has 2 N–H and O–H groups in total. The highest BCUT2D eigenvalue weighted by Crippen LogP contribution is 2.23. The van der Waals surface area contributed by atoms with Gasteiger partial charge in [-0.15, -0.1) is 11.8 Å². The summed E-state index contributed by atoms with van der Waals surface area (Å²) in [6.45, 7) is 3.22. The number of benzene rings is 2. The molecule has 3 atom stereocenters. The van der Waals surface area contributed by atoms with E-state index in [1.807, 2.05) is 48.7 Å². The van der Waals surface area contributed by atoms with E-state index in [0.29, 0.717) is 5.75 Å². The molecule has 5 nitrogen and oxygen atoms in total. The maximum atomic E-state index is 12.5. The van der Waals surface area contributed by atoms with Gasteiger partial charge >= 0.3 is 5.97 Å². The van der Waals surface area contributed by atoms with Crippen LogP contribution in [0.25, 0.3) is 0 Å². The monoisotopic (exact) mass is 373 g/mol. The summed E-state index contributed by atoms with van der Waals surface area (Å²) in [7, 11) is 0. The van der Waals surface area contributed by atoms with Crippen molar-refractivity contribution in [3.63, 3.8) is 0 Å². The lowest BCUT2D eigenvalue weighted by molar-refractivity contribution is -0.142. The number of carbonyl (C=O) groups is 2. The van der Waals surface area contributed by atoms with Gasteiger partial charge in [0.15, 0.2) is 6.10 Å². The molecule has 2 aromatic rings. The zero-order valence-corrected chi connectivity index (χ0v) is 15.8. The molecule has 0 fully saturated rings. The second-order valence-corrected chi connectivity index (χ2v) is 6.84. The third kappa shape index (κ3) is 5.26. The molecule has 0 bridgehead atoms. The van der Waals surface area contributed by atoms with E-state index < -0.39 is 24.0 Å². The van der Waals surface area contributed by atoms with Crippen LogP contribution >= 0.6 is 11.8 Å². The van der Waals surface area contributed by atoms with E-state index in [4.69, 9.17) is 4.74 Å². The van der Waals surface area contributed by atoms with Crippen LogP contribution in [0.1, 0.15) is 25.5 Å². The van der Waals surface area contributed by atoms with E-state index in [0.717, 1.165) is 10.5 Å². The van der Waals surface area contributed by atoms with Crippen LogP contribution in [0, 0.1) is 5.92 Å². The fourth-order valence-electron chi connectivity index (χ4n) is 2.48. The van der Waals surface area contributed by atoms with Gasteiger partial charge in [0.2, 0.25) is 0 Å². The van der Waals surface area contributed by atoms with E-state index in [2.05, 4.69) is 5.32 Å². The van der Waals surface area contributed by atoms with Crippen molar-refractivity contribution in [2.24, 2.45) is 5.92 Å². The molecule has 0 heterocycles. The van der Waals surface area contributed by atoms with E-state index in [1.165, 1.54) is 0 Å². The second kappa shape index (κ2) is 9.29. The minimum absolute atomic E-state index is 0.360.